The highest BCUT2D eigenvalue weighted by Gasteiger charge is 2.13. The zero-order chi connectivity index (χ0) is 13.7. The molecule has 1 unspecified atom stereocenters. The minimum absolute atomic E-state index is 0.0995. The topological polar surface area (TPSA) is 29.1 Å². The van der Waals surface area contributed by atoms with Crippen LogP contribution < -0.4 is 5.32 Å². The second kappa shape index (κ2) is 6.95. The molecule has 18 heavy (non-hydrogen) atoms. The van der Waals surface area contributed by atoms with Gasteiger partial charge in [-0.25, -0.2) is 4.39 Å². The van der Waals surface area contributed by atoms with Crippen LogP contribution in [0.2, 0.25) is 5.02 Å². The van der Waals surface area contributed by atoms with Crippen molar-refractivity contribution in [3.8, 4) is 0 Å². The number of hydrogen-bond donors (Lipinski definition) is 1. The van der Waals surface area contributed by atoms with Gasteiger partial charge in [0.05, 0.1) is 16.0 Å². The van der Waals surface area contributed by atoms with Crippen molar-refractivity contribution >= 4 is 29.1 Å². The van der Waals surface area contributed by atoms with Gasteiger partial charge in [-0.3, -0.25) is 4.79 Å². The molecule has 1 atom stereocenters. The monoisotopic (exact) mass is 291 g/mol. The molecule has 1 rings (SSSR count). The zero-order valence-corrected chi connectivity index (χ0v) is 11.9. The lowest BCUT2D eigenvalue weighted by molar-refractivity contribution is 0.0953. The zero-order valence-electron chi connectivity index (χ0n) is 10.3. The maximum atomic E-state index is 12.8. The summed E-state index contributed by atoms with van der Waals surface area (Å²) in [5, 5.41) is 2.67. The van der Waals surface area contributed by atoms with Gasteiger partial charge < -0.3 is 5.32 Å². The normalized spacial score (nSPS) is 12.6. The smallest absolute Gasteiger partial charge is 0.252 e. The predicted octanol–water partition coefficient (Wildman–Crippen LogP) is 3.86. The summed E-state index contributed by atoms with van der Waals surface area (Å²) in [7, 11) is 0. The van der Waals surface area contributed by atoms with Crippen molar-refractivity contribution in [3.05, 3.63) is 34.6 Å². The van der Waals surface area contributed by atoms with Gasteiger partial charge in [-0.15, -0.1) is 11.6 Å². The van der Waals surface area contributed by atoms with E-state index in [0.29, 0.717) is 12.5 Å². The van der Waals surface area contributed by atoms with Gasteiger partial charge >= 0.3 is 0 Å². The first kappa shape index (κ1) is 15.3. The predicted molar refractivity (Wildman–Crippen MR) is 72.8 cm³/mol. The van der Waals surface area contributed by atoms with Crippen LogP contribution in [0.5, 0.6) is 0 Å². The highest BCUT2D eigenvalue weighted by atomic mass is 35.5. The number of carbonyl (C=O) groups excluding carboxylic acids is 1. The van der Waals surface area contributed by atoms with Crippen molar-refractivity contribution in [2.45, 2.75) is 25.6 Å². The Bertz CT molecular complexity index is 423. The van der Waals surface area contributed by atoms with Crippen LogP contribution in [0.25, 0.3) is 0 Å². The average molecular weight is 292 g/mol. The van der Waals surface area contributed by atoms with Crippen LogP contribution in [0.3, 0.4) is 0 Å². The van der Waals surface area contributed by atoms with Crippen molar-refractivity contribution < 1.29 is 9.18 Å². The molecule has 5 heteroatoms. The lowest BCUT2D eigenvalue weighted by atomic mass is 10.1. The summed E-state index contributed by atoms with van der Waals surface area (Å²) in [5.41, 5.74) is 0.256. The molecule has 1 N–H and O–H groups in total. The molecule has 1 aromatic carbocycles. The quantitative estimate of drug-likeness (QED) is 0.820. The number of benzene rings is 1. The molecule has 0 saturated carbocycles. The summed E-state index contributed by atoms with van der Waals surface area (Å²) < 4.78 is 12.8. The first-order valence-electron chi connectivity index (χ1n) is 5.77. The summed E-state index contributed by atoms with van der Waals surface area (Å²) in [6, 6.07) is 3.68. The van der Waals surface area contributed by atoms with Crippen molar-refractivity contribution in [2.24, 2.45) is 5.92 Å². The standard InChI is InChI=1S/C13H16Cl2FNO/c1-8(2)5-9(14)7-17-13(18)11-4-3-10(16)6-12(11)15/h3-4,6,8-9H,5,7H2,1-2H3,(H,17,18). The van der Waals surface area contributed by atoms with E-state index in [1.54, 1.807) is 0 Å². The van der Waals surface area contributed by atoms with Gasteiger partial charge in [-0.1, -0.05) is 25.4 Å². The molecule has 0 radical (unpaired) electrons. The molecular formula is C13H16Cl2FNO. The van der Waals surface area contributed by atoms with E-state index in [-0.39, 0.29) is 21.9 Å². The number of amides is 1. The van der Waals surface area contributed by atoms with Crippen LogP contribution in [0, 0.1) is 11.7 Å². The Labute approximate surface area is 116 Å². The fourth-order valence-electron chi connectivity index (χ4n) is 1.57. The summed E-state index contributed by atoms with van der Waals surface area (Å²) in [6.45, 7) is 4.49. The van der Waals surface area contributed by atoms with Crippen LogP contribution >= 0.6 is 23.2 Å². The molecule has 0 heterocycles. The third kappa shape index (κ3) is 4.83. The minimum Gasteiger partial charge on any atom is -0.351 e. The molecule has 1 aromatic rings. The van der Waals surface area contributed by atoms with E-state index in [9.17, 15) is 9.18 Å². The van der Waals surface area contributed by atoms with Crippen molar-refractivity contribution in [1.29, 1.82) is 0 Å². The molecule has 2 nitrogen and oxygen atoms in total. The summed E-state index contributed by atoms with van der Waals surface area (Å²) in [6.07, 6.45) is 0.818. The van der Waals surface area contributed by atoms with Crippen LogP contribution in [-0.4, -0.2) is 17.8 Å². The molecule has 0 aliphatic heterocycles. The van der Waals surface area contributed by atoms with E-state index in [2.05, 4.69) is 19.2 Å². The SMILES string of the molecule is CC(C)CC(Cl)CNC(=O)c1ccc(F)cc1Cl. The van der Waals surface area contributed by atoms with Gasteiger partial charge in [0.1, 0.15) is 5.82 Å². The number of alkyl halides is 1. The molecule has 1 amide bonds. The maximum absolute atomic E-state index is 12.8. The molecule has 0 aliphatic carbocycles. The fourth-order valence-corrected chi connectivity index (χ4v) is 2.25. The van der Waals surface area contributed by atoms with E-state index in [1.165, 1.54) is 12.1 Å². The van der Waals surface area contributed by atoms with E-state index in [4.69, 9.17) is 23.2 Å². The Kier molecular flexibility index (Phi) is 5.89. The number of halogens is 3. The van der Waals surface area contributed by atoms with Gasteiger partial charge in [-0.2, -0.15) is 0 Å². The summed E-state index contributed by atoms with van der Waals surface area (Å²) >= 11 is 11.9. The van der Waals surface area contributed by atoms with Crippen LogP contribution in [0.15, 0.2) is 18.2 Å². The summed E-state index contributed by atoms with van der Waals surface area (Å²) in [5.74, 6) is -0.334. The van der Waals surface area contributed by atoms with Crippen LogP contribution in [-0.2, 0) is 0 Å². The fraction of sp³-hybridized carbons (Fsp3) is 0.462. The van der Waals surface area contributed by atoms with Crippen molar-refractivity contribution in [2.75, 3.05) is 6.54 Å². The Morgan fingerprint density at radius 1 is 1.44 bits per heavy atom. The van der Waals surface area contributed by atoms with Crippen molar-refractivity contribution in [1.82, 2.24) is 5.32 Å². The van der Waals surface area contributed by atoms with Crippen molar-refractivity contribution in [3.63, 3.8) is 0 Å². The molecule has 0 aliphatic rings. The number of hydrogen-bond acceptors (Lipinski definition) is 1. The Balaban J connectivity index is 2.55. The first-order chi connectivity index (χ1) is 8.40. The lowest BCUT2D eigenvalue weighted by Crippen LogP contribution is -2.30. The van der Waals surface area contributed by atoms with Gasteiger partial charge in [0, 0.05) is 6.54 Å². The largest absolute Gasteiger partial charge is 0.351 e. The second-order valence-corrected chi connectivity index (χ2v) is 5.59. The minimum atomic E-state index is -0.466. The first-order valence-corrected chi connectivity index (χ1v) is 6.59. The van der Waals surface area contributed by atoms with Crippen LogP contribution in [0.4, 0.5) is 4.39 Å². The molecule has 0 bridgehead atoms. The van der Waals surface area contributed by atoms with E-state index < -0.39 is 5.82 Å². The average Bonchev–Trinajstić information content (AvgIpc) is 2.25. The number of nitrogens with one attached hydrogen (secondary N) is 1. The molecule has 100 valence electrons. The Morgan fingerprint density at radius 3 is 2.67 bits per heavy atom. The van der Waals surface area contributed by atoms with Crippen LogP contribution in [0.1, 0.15) is 30.6 Å². The second-order valence-electron chi connectivity index (χ2n) is 4.56. The van der Waals surface area contributed by atoms with Gasteiger partial charge in [0.2, 0.25) is 0 Å². The Hall–Kier alpha value is -0.800. The summed E-state index contributed by atoms with van der Waals surface area (Å²) in [4.78, 5) is 11.8. The molecule has 0 fully saturated rings. The lowest BCUT2D eigenvalue weighted by Gasteiger charge is -2.13. The van der Waals surface area contributed by atoms with E-state index >= 15 is 0 Å². The number of rotatable bonds is 5. The highest BCUT2D eigenvalue weighted by molar-refractivity contribution is 6.33. The highest BCUT2D eigenvalue weighted by Crippen LogP contribution is 2.17. The van der Waals surface area contributed by atoms with Gasteiger partial charge in [0.15, 0.2) is 0 Å². The third-order valence-corrected chi connectivity index (χ3v) is 3.03. The molecule has 0 aromatic heterocycles. The van der Waals surface area contributed by atoms with E-state index in [0.717, 1.165) is 12.5 Å². The van der Waals surface area contributed by atoms with Gasteiger partial charge in [-0.05, 0) is 30.5 Å². The third-order valence-electron chi connectivity index (χ3n) is 2.39. The van der Waals surface area contributed by atoms with Gasteiger partial charge in [0.25, 0.3) is 5.91 Å². The molecule has 0 spiro atoms. The molecular weight excluding hydrogens is 276 g/mol. The maximum Gasteiger partial charge on any atom is 0.252 e. The Morgan fingerprint density at radius 2 is 2.11 bits per heavy atom. The number of carbonyl (C=O) groups is 1. The molecule has 0 saturated heterocycles. The van der Waals surface area contributed by atoms with E-state index in [1.807, 2.05) is 0 Å².